The number of fused-ring (bicyclic) bond motifs is 2. The minimum Gasteiger partial charge on any atom is -0.306 e. The highest BCUT2D eigenvalue weighted by atomic mass is 32.2. The lowest BCUT2D eigenvalue weighted by Crippen LogP contribution is -2.28. The molecule has 0 radical (unpaired) electrons. The van der Waals surface area contributed by atoms with Gasteiger partial charge < -0.3 is 4.90 Å². The number of nitrogens with zero attached hydrogens (tertiary/aromatic N) is 1. The number of carbonyl (C=O) groups is 1. The number of rotatable bonds is 1. The maximum absolute atomic E-state index is 12.8. The molecule has 1 heterocycles. The fourth-order valence-electron chi connectivity index (χ4n) is 2.78. The molecular formula is C18H11NO2S2. The summed E-state index contributed by atoms with van der Waals surface area (Å²) in [5.41, 5.74) is 2.23. The normalized spacial score (nSPS) is 16.9. The van der Waals surface area contributed by atoms with Gasteiger partial charge in [-0.15, -0.1) is 0 Å². The van der Waals surface area contributed by atoms with Crippen LogP contribution in [0.1, 0.15) is 0 Å². The van der Waals surface area contributed by atoms with Gasteiger partial charge in [-0.05, 0) is 36.4 Å². The van der Waals surface area contributed by atoms with E-state index in [4.69, 9.17) is 12.2 Å². The molecule has 0 saturated carbocycles. The molecule has 4 rings (SSSR count). The van der Waals surface area contributed by atoms with Crippen LogP contribution in [-0.2, 0) is 15.6 Å². The number of hydrogen-bond donors (Lipinski definition) is 0. The van der Waals surface area contributed by atoms with E-state index in [1.54, 1.807) is 6.08 Å². The smallest absolute Gasteiger partial charge is 0.180 e. The predicted octanol–water partition coefficient (Wildman–Crippen LogP) is 3.70. The van der Waals surface area contributed by atoms with Crippen LogP contribution in [0.3, 0.4) is 0 Å². The summed E-state index contributed by atoms with van der Waals surface area (Å²) in [5.74, 6) is -0.102. The Morgan fingerprint density at radius 2 is 1.43 bits per heavy atom. The van der Waals surface area contributed by atoms with E-state index in [0.29, 0.717) is 10.6 Å². The third-order valence-corrected chi connectivity index (χ3v) is 5.62. The standard InChI is InChI=1S/C18H11NO2S2/c20-12-9-10-16(22)15(11-12)19-13-5-1-3-7-17(13)23(21)18-8-4-2-6-14(18)19/h1-11H. The first-order valence-electron chi connectivity index (χ1n) is 7.05. The molecule has 0 aromatic heterocycles. The number of benzene rings is 2. The molecule has 1 aliphatic carbocycles. The SMILES string of the molecule is O=C1C=CC(=S)C(N2c3ccccc3S(=O)c3ccccc32)=C1. The van der Waals surface area contributed by atoms with Gasteiger partial charge in [-0.1, -0.05) is 36.5 Å². The highest BCUT2D eigenvalue weighted by molar-refractivity contribution is 7.85. The van der Waals surface area contributed by atoms with Gasteiger partial charge in [0.05, 0.1) is 42.5 Å². The molecular weight excluding hydrogens is 326 g/mol. The first-order valence-corrected chi connectivity index (χ1v) is 8.60. The molecule has 0 saturated heterocycles. The summed E-state index contributed by atoms with van der Waals surface area (Å²) in [6.45, 7) is 0. The van der Waals surface area contributed by atoms with Crippen molar-refractivity contribution in [3.05, 3.63) is 72.5 Å². The van der Waals surface area contributed by atoms with Gasteiger partial charge in [-0.3, -0.25) is 4.79 Å². The van der Waals surface area contributed by atoms with Crippen molar-refractivity contribution in [3.8, 4) is 0 Å². The summed E-state index contributed by atoms with van der Waals surface area (Å²) in [7, 11) is -1.25. The Labute approximate surface area is 141 Å². The van der Waals surface area contributed by atoms with Crippen molar-refractivity contribution in [1.29, 1.82) is 0 Å². The van der Waals surface area contributed by atoms with Crippen molar-refractivity contribution < 1.29 is 9.00 Å². The molecule has 0 fully saturated rings. The van der Waals surface area contributed by atoms with Gasteiger partial charge >= 0.3 is 0 Å². The van der Waals surface area contributed by atoms with E-state index in [2.05, 4.69) is 0 Å². The fourth-order valence-corrected chi connectivity index (χ4v) is 4.34. The van der Waals surface area contributed by atoms with Crippen molar-refractivity contribution >= 4 is 45.0 Å². The van der Waals surface area contributed by atoms with Gasteiger partial charge in [0.2, 0.25) is 0 Å². The molecule has 0 spiro atoms. The van der Waals surface area contributed by atoms with E-state index in [1.165, 1.54) is 12.2 Å². The fraction of sp³-hybridized carbons (Fsp3) is 0. The van der Waals surface area contributed by atoms with Gasteiger partial charge in [0.15, 0.2) is 5.78 Å². The second-order valence-corrected chi connectivity index (χ2v) is 7.03. The molecule has 2 aromatic carbocycles. The molecule has 23 heavy (non-hydrogen) atoms. The van der Waals surface area contributed by atoms with Crippen molar-refractivity contribution in [2.24, 2.45) is 0 Å². The number of carbonyl (C=O) groups excluding carboxylic acids is 1. The van der Waals surface area contributed by atoms with Gasteiger partial charge in [-0.2, -0.15) is 0 Å². The number of allylic oxidation sites excluding steroid dienone is 3. The number of anilines is 2. The summed E-state index contributed by atoms with van der Waals surface area (Å²) in [6, 6.07) is 15.0. The molecule has 1 aliphatic heterocycles. The van der Waals surface area contributed by atoms with E-state index >= 15 is 0 Å². The third kappa shape index (κ3) is 2.20. The minimum absolute atomic E-state index is 0.102. The Morgan fingerprint density at radius 3 is 2.04 bits per heavy atom. The molecule has 3 nitrogen and oxygen atoms in total. The first-order chi connectivity index (χ1) is 11.2. The van der Waals surface area contributed by atoms with Gasteiger partial charge in [0.1, 0.15) is 0 Å². The summed E-state index contributed by atoms with van der Waals surface area (Å²) in [5, 5.41) is 0. The zero-order chi connectivity index (χ0) is 16.0. The van der Waals surface area contributed by atoms with E-state index < -0.39 is 10.8 Å². The molecule has 0 bridgehead atoms. The molecule has 0 unspecified atom stereocenters. The number of para-hydroxylation sites is 2. The molecule has 0 amide bonds. The lowest BCUT2D eigenvalue weighted by molar-refractivity contribution is -0.110. The number of ketones is 1. The third-order valence-electron chi connectivity index (χ3n) is 3.78. The lowest BCUT2D eigenvalue weighted by atomic mass is 10.1. The molecule has 2 aromatic rings. The first kappa shape index (κ1) is 14.2. The second kappa shape index (κ2) is 5.37. The maximum atomic E-state index is 12.8. The van der Waals surface area contributed by atoms with Crippen LogP contribution in [0.2, 0.25) is 0 Å². The largest absolute Gasteiger partial charge is 0.306 e. The monoisotopic (exact) mass is 337 g/mol. The summed E-state index contributed by atoms with van der Waals surface area (Å²) in [4.78, 5) is 15.8. The Kier molecular flexibility index (Phi) is 3.32. The van der Waals surface area contributed by atoms with Crippen LogP contribution in [0.5, 0.6) is 0 Å². The van der Waals surface area contributed by atoms with Crippen molar-refractivity contribution in [3.63, 3.8) is 0 Å². The van der Waals surface area contributed by atoms with E-state index in [1.807, 2.05) is 53.4 Å². The Hall–Kier alpha value is -2.37. The number of hydrogen-bond acceptors (Lipinski definition) is 4. The quantitative estimate of drug-likeness (QED) is 0.744. The molecule has 0 atom stereocenters. The molecule has 112 valence electrons. The highest BCUT2D eigenvalue weighted by Crippen LogP contribution is 2.44. The van der Waals surface area contributed by atoms with Gasteiger partial charge in [0, 0.05) is 6.08 Å². The van der Waals surface area contributed by atoms with E-state index in [-0.39, 0.29) is 5.78 Å². The van der Waals surface area contributed by atoms with Crippen molar-refractivity contribution in [2.45, 2.75) is 9.79 Å². The van der Waals surface area contributed by atoms with Crippen LogP contribution in [0.25, 0.3) is 0 Å². The Bertz CT molecular complexity index is 894. The van der Waals surface area contributed by atoms with Crippen LogP contribution in [0, 0.1) is 0 Å². The molecule has 0 N–H and O–H groups in total. The summed E-state index contributed by atoms with van der Waals surface area (Å²) < 4.78 is 12.8. The van der Waals surface area contributed by atoms with E-state index in [0.717, 1.165) is 21.2 Å². The average molecular weight is 337 g/mol. The van der Waals surface area contributed by atoms with Crippen molar-refractivity contribution in [2.75, 3.05) is 4.90 Å². The summed E-state index contributed by atoms with van der Waals surface area (Å²) >= 11 is 5.42. The highest BCUT2D eigenvalue weighted by Gasteiger charge is 2.31. The van der Waals surface area contributed by atoms with Crippen LogP contribution in [0.15, 0.2) is 82.2 Å². The summed E-state index contributed by atoms with van der Waals surface area (Å²) in [6.07, 6.45) is 4.64. The zero-order valence-corrected chi connectivity index (χ0v) is 13.6. The van der Waals surface area contributed by atoms with Crippen LogP contribution >= 0.6 is 12.2 Å². The Balaban J connectivity index is 2.01. The predicted molar refractivity (Wildman–Crippen MR) is 94.5 cm³/mol. The van der Waals surface area contributed by atoms with Crippen LogP contribution in [-0.4, -0.2) is 14.9 Å². The zero-order valence-electron chi connectivity index (χ0n) is 11.9. The minimum atomic E-state index is -1.25. The Morgan fingerprint density at radius 1 is 0.870 bits per heavy atom. The maximum Gasteiger partial charge on any atom is 0.180 e. The lowest BCUT2D eigenvalue weighted by Gasteiger charge is -2.34. The molecule has 2 aliphatic rings. The van der Waals surface area contributed by atoms with Crippen LogP contribution < -0.4 is 4.90 Å². The van der Waals surface area contributed by atoms with Gasteiger partial charge in [0.25, 0.3) is 0 Å². The van der Waals surface area contributed by atoms with Gasteiger partial charge in [-0.25, -0.2) is 4.21 Å². The second-order valence-electron chi connectivity index (χ2n) is 5.17. The van der Waals surface area contributed by atoms with E-state index in [9.17, 15) is 9.00 Å². The average Bonchev–Trinajstić information content (AvgIpc) is 2.58. The topological polar surface area (TPSA) is 37.4 Å². The number of thiocarbonyl (C=S) groups is 1. The van der Waals surface area contributed by atoms with Crippen molar-refractivity contribution in [1.82, 2.24) is 0 Å². The van der Waals surface area contributed by atoms with Crippen LogP contribution in [0.4, 0.5) is 11.4 Å². The molecule has 5 heteroatoms.